The molecule has 1 aromatic rings. The van der Waals surface area contributed by atoms with Crippen molar-refractivity contribution in [1.82, 2.24) is 4.98 Å². The van der Waals surface area contributed by atoms with Gasteiger partial charge in [0.15, 0.2) is 0 Å². The van der Waals surface area contributed by atoms with Crippen molar-refractivity contribution in [2.24, 2.45) is 0 Å². The highest BCUT2D eigenvalue weighted by Crippen LogP contribution is 2.25. The summed E-state index contributed by atoms with van der Waals surface area (Å²) in [5.74, 6) is 0.483. The zero-order valence-corrected chi connectivity index (χ0v) is 10.5. The van der Waals surface area contributed by atoms with Crippen molar-refractivity contribution in [2.75, 3.05) is 25.1 Å². The van der Waals surface area contributed by atoms with Gasteiger partial charge in [0, 0.05) is 6.20 Å². The Morgan fingerprint density at radius 1 is 1.31 bits per heavy atom. The van der Waals surface area contributed by atoms with Crippen molar-refractivity contribution in [1.29, 1.82) is 0 Å². The summed E-state index contributed by atoms with van der Waals surface area (Å²) in [7, 11) is 0. The number of nitrogens with one attached hydrogen (secondary N) is 1. The first-order valence-corrected chi connectivity index (χ1v) is 5.60. The minimum atomic E-state index is -1.16. The number of hydrogen-bond acceptors (Lipinski definition) is 5. The molecular weight excluding hydrogens is 276 g/mol. The Morgan fingerprint density at radius 3 is 2.38 bits per heavy atom. The summed E-state index contributed by atoms with van der Waals surface area (Å²) in [6.07, 6.45) is 1.61. The summed E-state index contributed by atoms with van der Waals surface area (Å²) in [6.45, 7) is 0.738. The first-order valence-electron chi connectivity index (χ1n) is 4.80. The molecule has 90 valence electrons. The second kappa shape index (κ2) is 5.58. The van der Waals surface area contributed by atoms with E-state index in [-0.39, 0.29) is 19.8 Å². The molecule has 4 N–H and O–H groups in total. The number of halogens is 1. The molecule has 0 aliphatic heterocycles. The van der Waals surface area contributed by atoms with Crippen LogP contribution in [0.1, 0.15) is 5.56 Å². The smallest absolute Gasteiger partial charge is 0.141 e. The van der Waals surface area contributed by atoms with E-state index in [0.717, 1.165) is 10.0 Å². The van der Waals surface area contributed by atoms with E-state index < -0.39 is 5.54 Å². The van der Waals surface area contributed by atoms with Gasteiger partial charge in [-0.15, -0.1) is 0 Å². The minimum absolute atomic E-state index is 0.387. The Morgan fingerprint density at radius 2 is 1.88 bits per heavy atom. The van der Waals surface area contributed by atoms with Crippen molar-refractivity contribution in [3.8, 4) is 0 Å². The molecule has 0 spiro atoms. The van der Waals surface area contributed by atoms with Crippen molar-refractivity contribution in [3.63, 3.8) is 0 Å². The number of anilines is 1. The van der Waals surface area contributed by atoms with Gasteiger partial charge in [0.2, 0.25) is 0 Å². The maximum atomic E-state index is 9.17. The lowest BCUT2D eigenvalue weighted by Crippen LogP contribution is -2.49. The highest BCUT2D eigenvalue weighted by Gasteiger charge is 2.29. The molecule has 0 aliphatic rings. The van der Waals surface area contributed by atoms with Crippen LogP contribution in [0.5, 0.6) is 0 Å². The zero-order chi connectivity index (χ0) is 12.2. The maximum Gasteiger partial charge on any atom is 0.141 e. The van der Waals surface area contributed by atoms with E-state index in [2.05, 4.69) is 26.2 Å². The van der Waals surface area contributed by atoms with Gasteiger partial charge < -0.3 is 20.6 Å². The van der Waals surface area contributed by atoms with Gasteiger partial charge in [-0.1, -0.05) is 0 Å². The Bertz CT molecular complexity index is 348. The van der Waals surface area contributed by atoms with Crippen LogP contribution in [0.4, 0.5) is 5.82 Å². The molecule has 1 rings (SSSR count). The molecule has 0 bridgehead atoms. The largest absolute Gasteiger partial charge is 0.394 e. The number of aromatic nitrogens is 1. The average molecular weight is 291 g/mol. The Balaban J connectivity index is 2.98. The zero-order valence-electron chi connectivity index (χ0n) is 8.94. The van der Waals surface area contributed by atoms with Crippen LogP contribution < -0.4 is 5.32 Å². The molecule has 0 amide bonds. The molecule has 0 radical (unpaired) electrons. The summed E-state index contributed by atoms with van der Waals surface area (Å²) in [6, 6.07) is 1.83. The third-order valence-corrected chi connectivity index (χ3v) is 3.37. The van der Waals surface area contributed by atoms with Gasteiger partial charge in [-0.3, -0.25) is 0 Å². The number of aliphatic hydroxyl groups excluding tert-OH is 3. The molecule has 0 unspecified atom stereocenters. The molecular formula is C10H15BrN2O3. The van der Waals surface area contributed by atoms with E-state index in [0.29, 0.717) is 5.82 Å². The quantitative estimate of drug-likeness (QED) is 0.626. The highest BCUT2D eigenvalue weighted by atomic mass is 79.9. The van der Waals surface area contributed by atoms with Crippen LogP contribution in [0.25, 0.3) is 0 Å². The van der Waals surface area contributed by atoms with Gasteiger partial charge in [-0.05, 0) is 34.5 Å². The van der Waals surface area contributed by atoms with Crippen LogP contribution in [0, 0.1) is 6.92 Å². The fourth-order valence-electron chi connectivity index (χ4n) is 1.15. The monoisotopic (exact) mass is 290 g/mol. The van der Waals surface area contributed by atoms with Crippen molar-refractivity contribution in [2.45, 2.75) is 12.5 Å². The highest BCUT2D eigenvalue weighted by molar-refractivity contribution is 9.10. The van der Waals surface area contributed by atoms with E-state index in [1.54, 1.807) is 6.20 Å². The summed E-state index contributed by atoms with van der Waals surface area (Å²) >= 11 is 3.35. The van der Waals surface area contributed by atoms with Crippen molar-refractivity contribution in [3.05, 3.63) is 22.3 Å². The number of aryl methyl sites for hydroxylation is 1. The molecule has 1 heterocycles. The third kappa shape index (κ3) is 2.70. The third-order valence-electron chi connectivity index (χ3n) is 2.37. The average Bonchev–Trinajstić information content (AvgIpc) is 2.32. The van der Waals surface area contributed by atoms with Crippen LogP contribution in [-0.4, -0.2) is 45.7 Å². The van der Waals surface area contributed by atoms with Crippen LogP contribution >= 0.6 is 15.9 Å². The second-order valence-corrected chi connectivity index (χ2v) is 4.46. The summed E-state index contributed by atoms with van der Waals surface area (Å²) < 4.78 is 0.745. The maximum absolute atomic E-state index is 9.17. The van der Waals surface area contributed by atoms with Crippen LogP contribution in [0.2, 0.25) is 0 Å². The number of hydrogen-bond donors (Lipinski definition) is 4. The molecule has 6 heteroatoms. The topological polar surface area (TPSA) is 85.6 Å². The van der Waals surface area contributed by atoms with E-state index in [1.165, 1.54) is 0 Å². The Labute approximate surface area is 102 Å². The molecule has 0 aromatic carbocycles. The van der Waals surface area contributed by atoms with Gasteiger partial charge in [-0.25, -0.2) is 4.98 Å². The molecule has 0 aliphatic carbocycles. The standard InChI is InChI=1S/C10H15BrN2O3/c1-7-2-3-12-9(8(7)11)13-10(4-14,5-15)6-16/h2-3,14-16H,4-6H2,1H3,(H,12,13). The molecule has 0 atom stereocenters. The lowest BCUT2D eigenvalue weighted by Gasteiger charge is -2.29. The summed E-state index contributed by atoms with van der Waals surface area (Å²) in [5, 5.41) is 30.4. The van der Waals surface area contributed by atoms with Crippen LogP contribution in [0.3, 0.4) is 0 Å². The molecule has 0 saturated carbocycles. The van der Waals surface area contributed by atoms with E-state index in [4.69, 9.17) is 0 Å². The van der Waals surface area contributed by atoms with Crippen molar-refractivity contribution < 1.29 is 15.3 Å². The van der Waals surface area contributed by atoms with Gasteiger partial charge in [-0.2, -0.15) is 0 Å². The van der Waals surface area contributed by atoms with Gasteiger partial charge in [0.25, 0.3) is 0 Å². The molecule has 1 aromatic heterocycles. The van der Waals surface area contributed by atoms with E-state index in [1.807, 2.05) is 13.0 Å². The number of rotatable bonds is 5. The van der Waals surface area contributed by atoms with Crippen LogP contribution in [0.15, 0.2) is 16.7 Å². The first-order chi connectivity index (χ1) is 7.58. The first kappa shape index (κ1) is 13.4. The minimum Gasteiger partial charge on any atom is -0.394 e. The normalized spacial score (nSPS) is 11.6. The van der Waals surface area contributed by atoms with Gasteiger partial charge >= 0.3 is 0 Å². The number of aliphatic hydroxyl groups is 3. The molecule has 16 heavy (non-hydrogen) atoms. The fourth-order valence-corrected chi connectivity index (χ4v) is 1.48. The predicted molar refractivity (Wildman–Crippen MR) is 64.3 cm³/mol. The van der Waals surface area contributed by atoms with Gasteiger partial charge in [0.05, 0.1) is 24.3 Å². The number of nitrogens with zero attached hydrogens (tertiary/aromatic N) is 1. The lowest BCUT2D eigenvalue weighted by molar-refractivity contribution is 0.0830. The molecule has 5 nitrogen and oxygen atoms in total. The van der Waals surface area contributed by atoms with E-state index in [9.17, 15) is 15.3 Å². The lowest BCUT2D eigenvalue weighted by atomic mass is 10.0. The molecule has 0 fully saturated rings. The Kier molecular flexibility index (Phi) is 4.67. The predicted octanol–water partition coefficient (Wildman–Crippen LogP) is 0.280. The summed E-state index contributed by atoms with van der Waals surface area (Å²) in [4.78, 5) is 4.08. The SMILES string of the molecule is Cc1ccnc(NC(CO)(CO)CO)c1Br. The molecule has 0 saturated heterocycles. The second-order valence-electron chi connectivity index (χ2n) is 3.67. The summed E-state index contributed by atoms with van der Waals surface area (Å²) in [5.41, 5.74) is -0.191. The van der Waals surface area contributed by atoms with Crippen molar-refractivity contribution >= 4 is 21.7 Å². The van der Waals surface area contributed by atoms with Crippen LogP contribution in [-0.2, 0) is 0 Å². The van der Waals surface area contributed by atoms with Gasteiger partial charge in [0.1, 0.15) is 11.4 Å². The Hall–Kier alpha value is -0.690. The fraction of sp³-hybridized carbons (Fsp3) is 0.500. The number of pyridine rings is 1. The van der Waals surface area contributed by atoms with E-state index >= 15 is 0 Å².